The molecule has 0 aliphatic carbocycles. The smallest absolute Gasteiger partial charge is 0.252 e. The fraction of sp³-hybridized carbons (Fsp3) is 0.400. The number of hydrogen-bond acceptors (Lipinski definition) is 4. The molecule has 0 saturated heterocycles. The molecule has 21 heavy (non-hydrogen) atoms. The Morgan fingerprint density at radius 2 is 2.05 bits per heavy atom. The van der Waals surface area contributed by atoms with Gasteiger partial charge in [-0.25, -0.2) is 4.99 Å². The minimum atomic E-state index is -0.296. The van der Waals surface area contributed by atoms with Crippen molar-refractivity contribution < 1.29 is 4.79 Å². The van der Waals surface area contributed by atoms with Crippen molar-refractivity contribution in [2.24, 2.45) is 4.99 Å². The molecule has 0 unspecified atom stereocenters. The maximum absolute atomic E-state index is 12.3. The van der Waals surface area contributed by atoms with Gasteiger partial charge in [0.15, 0.2) is 11.4 Å². The molecule has 2 N–H and O–H groups in total. The molecule has 0 atom stereocenters. The number of carbonyl (C=O) groups is 1. The van der Waals surface area contributed by atoms with Gasteiger partial charge in [0.25, 0.3) is 5.91 Å². The first-order chi connectivity index (χ1) is 9.78. The number of hydrogen-bond donors (Lipinski definition) is 2. The Bertz CT molecular complexity index is 597. The highest BCUT2D eigenvalue weighted by Gasteiger charge is 2.17. The second-order valence-corrected chi connectivity index (χ2v) is 6.31. The number of nitrogens with zero attached hydrogens (tertiary/aromatic N) is 2. The lowest BCUT2D eigenvalue weighted by molar-refractivity contribution is 0.0919. The monoisotopic (exact) mass is 304 g/mol. The molecule has 1 rings (SSSR count). The first kappa shape index (κ1) is 17.1. The number of nitriles is 1. The van der Waals surface area contributed by atoms with Crippen LogP contribution >= 0.6 is 11.8 Å². The maximum atomic E-state index is 12.3. The topological polar surface area (TPSA) is 77.3 Å². The average Bonchev–Trinajstić information content (AvgIpc) is 2.38. The first-order valence-corrected chi connectivity index (χ1v) is 7.71. The zero-order valence-corrected chi connectivity index (χ0v) is 13.8. The highest BCUT2D eigenvalue weighted by molar-refractivity contribution is 8.13. The fourth-order valence-electron chi connectivity index (χ4n) is 1.68. The van der Waals surface area contributed by atoms with Gasteiger partial charge in [-0.1, -0.05) is 17.8 Å². The van der Waals surface area contributed by atoms with Gasteiger partial charge in [-0.3, -0.25) is 10.1 Å². The summed E-state index contributed by atoms with van der Waals surface area (Å²) in [6, 6.07) is 5.37. The van der Waals surface area contributed by atoms with E-state index in [0.29, 0.717) is 16.4 Å². The number of carbonyl (C=O) groups excluding carboxylic acids is 1. The van der Waals surface area contributed by atoms with Gasteiger partial charge in [-0.2, -0.15) is 5.26 Å². The van der Waals surface area contributed by atoms with E-state index >= 15 is 0 Å². The number of nitrogens with one attached hydrogen (secondary N) is 2. The van der Waals surface area contributed by atoms with E-state index in [1.165, 1.54) is 11.8 Å². The van der Waals surface area contributed by atoms with Gasteiger partial charge >= 0.3 is 0 Å². The van der Waals surface area contributed by atoms with E-state index in [2.05, 4.69) is 15.6 Å². The molecule has 0 aromatic heterocycles. The van der Waals surface area contributed by atoms with Crippen LogP contribution in [0.4, 0.5) is 5.69 Å². The summed E-state index contributed by atoms with van der Waals surface area (Å²) >= 11 is 1.34. The molecule has 0 bridgehead atoms. The predicted molar refractivity (Wildman–Crippen MR) is 87.8 cm³/mol. The number of rotatable bonds is 2. The van der Waals surface area contributed by atoms with Crippen LogP contribution in [-0.2, 0) is 0 Å². The van der Waals surface area contributed by atoms with Crippen LogP contribution in [0.5, 0.6) is 0 Å². The molecule has 112 valence electrons. The van der Waals surface area contributed by atoms with E-state index < -0.39 is 0 Å². The number of thioether (sulfide) groups is 1. The van der Waals surface area contributed by atoms with Gasteiger partial charge < -0.3 is 5.32 Å². The minimum Gasteiger partial charge on any atom is -0.347 e. The van der Waals surface area contributed by atoms with E-state index in [4.69, 9.17) is 5.26 Å². The average molecular weight is 304 g/mol. The lowest BCUT2D eigenvalue weighted by Gasteiger charge is -2.21. The van der Waals surface area contributed by atoms with Crippen LogP contribution < -0.4 is 10.6 Å². The quantitative estimate of drug-likeness (QED) is 0.381. The lowest BCUT2D eigenvalue weighted by Crippen LogP contribution is -2.40. The van der Waals surface area contributed by atoms with Crippen molar-refractivity contribution in [3.05, 3.63) is 29.3 Å². The van der Waals surface area contributed by atoms with Crippen LogP contribution in [0.3, 0.4) is 0 Å². The number of amidine groups is 1. The van der Waals surface area contributed by atoms with Crippen molar-refractivity contribution in [1.29, 1.82) is 5.26 Å². The summed E-state index contributed by atoms with van der Waals surface area (Å²) in [7, 11) is 0. The third kappa shape index (κ3) is 5.12. The third-order valence-corrected chi connectivity index (χ3v) is 3.20. The predicted octanol–water partition coefficient (Wildman–Crippen LogP) is 2.94. The van der Waals surface area contributed by atoms with Gasteiger partial charge in [-0.15, -0.1) is 0 Å². The molecule has 1 aromatic carbocycles. The van der Waals surface area contributed by atoms with Crippen LogP contribution in [0, 0.1) is 18.4 Å². The Kier molecular flexibility index (Phi) is 5.79. The summed E-state index contributed by atoms with van der Waals surface area (Å²) in [6.07, 6.45) is 3.67. The van der Waals surface area contributed by atoms with Crippen molar-refractivity contribution >= 4 is 28.5 Å². The molecule has 1 aromatic rings. The minimum absolute atomic E-state index is 0.129. The third-order valence-electron chi connectivity index (χ3n) is 2.62. The second-order valence-electron chi connectivity index (χ2n) is 5.51. The Morgan fingerprint density at radius 1 is 1.38 bits per heavy atom. The summed E-state index contributed by atoms with van der Waals surface area (Å²) in [5.74, 6) is -0.129. The van der Waals surface area contributed by atoms with Crippen molar-refractivity contribution in [2.75, 3.05) is 6.26 Å². The number of amides is 1. The van der Waals surface area contributed by atoms with Crippen LogP contribution in [0.15, 0.2) is 23.2 Å². The van der Waals surface area contributed by atoms with Crippen LogP contribution in [-0.4, -0.2) is 22.9 Å². The highest BCUT2D eigenvalue weighted by Crippen LogP contribution is 2.23. The SMILES string of the molecule is CSC(=Nc1cccc(C(=O)NC(C)(C)C)c1C)NC#N. The Labute approximate surface area is 129 Å². The van der Waals surface area contributed by atoms with E-state index in [0.717, 1.165) is 5.56 Å². The summed E-state index contributed by atoms with van der Waals surface area (Å²) in [6.45, 7) is 7.65. The molecule has 0 aliphatic heterocycles. The fourth-order valence-corrected chi connectivity index (χ4v) is 2.02. The zero-order chi connectivity index (χ0) is 16.0. The van der Waals surface area contributed by atoms with Gasteiger partial charge in [-0.05, 0) is 51.6 Å². The highest BCUT2D eigenvalue weighted by atomic mass is 32.2. The number of benzene rings is 1. The molecule has 0 spiro atoms. The molecule has 0 heterocycles. The van der Waals surface area contributed by atoms with Crippen molar-refractivity contribution in [2.45, 2.75) is 33.2 Å². The summed E-state index contributed by atoms with van der Waals surface area (Å²) in [4.78, 5) is 16.7. The maximum Gasteiger partial charge on any atom is 0.252 e. The molecule has 0 fully saturated rings. The zero-order valence-electron chi connectivity index (χ0n) is 12.9. The molecule has 1 amide bonds. The van der Waals surface area contributed by atoms with Gasteiger partial charge in [0.1, 0.15) is 0 Å². The van der Waals surface area contributed by atoms with Crippen LogP contribution in [0.1, 0.15) is 36.7 Å². The molecular formula is C15H20N4OS. The van der Waals surface area contributed by atoms with Gasteiger partial charge in [0, 0.05) is 11.1 Å². The molecule has 5 nitrogen and oxygen atoms in total. The largest absolute Gasteiger partial charge is 0.347 e. The summed E-state index contributed by atoms with van der Waals surface area (Å²) in [5, 5.41) is 14.6. The number of aliphatic imine (C=N–C) groups is 1. The van der Waals surface area contributed by atoms with E-state index in [1.54, 1.807) is 12.1 Å². The van der Waals surface area contributed by atoms with E-state index in [1.807, 2.05) is 46.2 Å². The molecular weight excluding hydrogens is 284 g/mol. The van der Waals surface area contributed by atoms with Crippen LogP contribution in [0.2, 0.25) is 0 Å². The summed E-state index contributed by atoms with van der Waals surface area (Å²) in [5.41, 5.74) is 1.74. The van der Waals surface area contributed by atoms with Crippen molar-refractivity contribution in [3.63, 3.8) is 0 Å². The standard InChI is InChI=1S/C15H20N4OS/c1-10-11(13(20)19-15(2,3)4)7-6-8-12(10)18-14(21-5)17-9-16/h6-8H,1-5H3,(H,17,18)(H,19,20). The normalized spacial score (nSPS) is 11.7. The summed E-state index contributed by atoms with van der Waals surface area (Å²) < 4.78 is 0. The Morgan fingerprint density at radius 3 is 2.57 bits per heavy atom. The van der Waals surface area contributed by atoms with E-state index in [-0.39, 0.29) is 11.4 Å². The van der Waals surface area contributed by atoms with Crippen LogP contribution in [0.25, 0.3) is 0 Å². The Balaban J connectivity index is 3.15. The van der Waals surface area contributed by atoms with E-state index in [9.17, 15) is 4.79 Å². The molecule has 6 heteroatoms. The molecule has 0 radical (unpaired) electrons. The van der Waals surface area contributed by atoms with Crippen molar-refractivity contribution in [1.82, 2.24) is 10.6 Å². The van der Waals surface area contributed by atoms with Crippen molar-refractivity contribution in [3.8, 4) is 6.19 Å². The first-order valence-electron chi connectivity index (χ1n) is 6.48. The van der Waals surface area contributed by atoms with Gasteiger partial charge in [0.05, 0.1) is 5.69 Å². The lowest BCUT2D eigenvalue weighted by atomic mass is 10.0. The molecule has 0 saturated carbocycles. The molecule has 0 aliphatic rings. The Hall–Kier alpha value is -2.00. The second kappa shape index (κ2) is 7.14. The van der Waals surface area contributed by atoms with Gasteiger partial charge in [0.2, 0.25) is 0 Å².